The molecule has 8 nitrogen and oxygen atoms in total. The molecule has 0 saturated heterocycles. The smallest absolute Gasteiger partial charge is 0.227 e. The van der Waals surface area contributed by atoms with E-state index in [2.05, 4.69) is 16.1 Å². The van der Waals surface area contributed by atoms with Gasteiger partial charge in [-0.05, 0) is 94.3 Å². The Hall–Kier alpha value is -6.16. The van der Waals surface area contributed by atoms with Crippen LogP contribution in [0.2, 0.25) is 0 Å². The molecular weight excluding hydrogens is 711 g/mol. The molecule has 0 saturated carbocycles. The lowest BCUT2D eigenvalue weighted by atomic mass is 10.0. The highest BCUT2D eigenvalue weighted by Crippen LogP contribution is 2.32. The maximum absolute atomic E-state index is 13.7. The van der Waals surface area contributed by atoms with Crippen LogP contribution in [0.5, 0.6) is 11.5 Å². The molecule has 0 radical (unpaired) electrons. The summed E-state index contributed by atoms with van der Waals surface area (Å²) in [6.07, 6.45) is 4.23. The van der Waals surface area contributed by atoms with Crippen molar-refractivity contribution in [3.8, 4) is 22.6 Å². The van der Waals surface area contributed by atoms with E-state index >= 15 is 0 Å². The molecular formula is C46H46F2N4O4. The van der Waals surface area contributed by atoms with Crippen molar-refractivity contribution in [3.63, 3.8) is 0 Å². The highest BCUT2D eigenvalue weighted by atomic mass is 19.1. The van der Waals surface area contributed by atoms with Gasteiger partial charge in [0.05, 0.1) is 39.1 Å². The second-order valence-electron chi connectivity index (χ2n) is 13.7. The van der Waals surface area contributed by atoms with Crippen LogP contribution >= 0.6 is 0 Å². The quantitative estimate of drug-likeness (QED) is 0.121. The zero-order chi connectivity index (χ0) is 39.6. The van der Waals surface area contributed by atoms with E-state index in [1.54, 1.807) is 42.0 Å². The van der Waals surface area contributed by atoms with Crippen molar-refractivity contribution < 1.29 is 27.8 Å². The number of rotatable bonds is 13. The van der Waals surface area contributed by atoms with Crippen LogP contribution in [-0.4, -0.2) is 61.4 Å². The summed E-state index contributed by atoms with van der Waals surface area (Å²) in [5.74, 6) is 0.139. The molecule has 7 rings (SSSR count). The van der Waals surface area contributed by atoms with E-state index in [-0.39, 0.29) is 36.2 Å². The van der Waals surface area contributed by atoms with Crippen LogP contribution in [-0.2, 0) is 48.6 Å². The number of likely N-dealkylation sites (N-methyl/N-ethyl adjacent to an activating group) is 2. The number of fused-ring (bicyclic) bond motifs is 2. The van der Waals surface area contributed by atoms with Crippen LogP contribution in [0.25, 0.3) is 11.1 Å². The maximum Gasteiger partial charge on any atom is 0.227 e. The van der Waals surface area contributed by atoms with Gasteiger partial charge in [-0.1, -0.05) is 66.7 Å². The van der Waals surface area contributed by atoms with Crippen LogP contribution in [0.1, 0.15) is 58.4 Å². The Kier molecular flexibility index (Phi) is 13.0. The summed E-state index contributed by atoms with van der Waals surface area (Å²) in [7, 11) is 3.60. The molecule has 10 heteroatoms. The number of carbonyl (C=O) groups excluding carboxylic acids is 2. The van der Waals surface area contributed by atoms with E-state index in [1.165, 1.54) is 29.3 Å². The maximum atomic E-state index is 13.7. The standard InChI is InChI=1S/C26H25FN2O2.C20H21FN2O2/c1-3-31-25-12-18(10-11-23(25)19-6-5-9-22(27)14-19)13-26(30)29(2)17-21-8-4-7-20-15-28-16-24(20)21;1-3-25-19-9-14(7-8-18(19)21)10-20(24)23(2)13-16-6-4-5-15-11-22-12-17(15)16/h4-12,14-15H,3,13,16-17H2,1-2H3;4-9,11H,3,10,12-13H2,1-2H3. The van der Waals surface area contributed by atoms with E-state index in [9.17, 15) is 18.4 Å². The Bertz CT molecular complexity index is 2270. The van der Waals surface area contributed by atoms with Gasteiger partial charge in [0, 0.05) is 45.2 Å². The van der Waals surface area contributed by atoms with Crippen LogP contribution in [0.15, 0.2) is 107 Å². The highest BCUT2D eigenvalue weighted by Gasteiger charge is 2.18. The number of halogens is 2. The summed E-state index contributed by atoms with van der Waals surface area (Å²) >= 11 is 0. The van der Waals surface area contributed by atoms with Crippen LogP contribution in [0.3, 0.4) is 0 Å². The summed E-state index contributed by atoms with van der Waals surface area (Å²) in [5, 5.41) is 0. The average molecular weight is 757 g/mol. The molecule has 0 atom stereocenters. The van der Waals surface area contributed by atoms with Gasteiger partial charge in [0.25, 0.3) is 0 Å². The molecule has 0 aromatic heterocycles. The Balaban J connectivity index is 0.000000194. The lowest BCUT2D eigenvalue weighted by Gasteiger charge is -2.20. The molecule has 56 heavy (non-hydrogen) atoms. The average Bonchev–Trinajstić information content (AvgIpc) is 3.88. The van der Waals surface area contributed by atoms with Crippen LogP contribution < -0.4 is 9.47 Å². The number of amides is 2. The van der Waals surface area contributed by atoms with Gasteiger partial charge in [-0.25, -0.2) is 8.78 Å². The van der Waals surface area contributed by atoms with Crippen molar-refractivity contribution >= 4 is 24.2 Å². The Morgan fingerprint density at radius 1 is 0.643 bits per heavy atom. The molecule has 0 N–H and O–H groups in total. The molecule has 2 aliphatic heterocycles. The fraction of sp³-hybridized carbons (Fsp3) is 0.261. The Morgan fingerprint density at radius 2 is 1.16 bits per heavy atom. The monoisotopic (exact) mass is 756 g/mol. The van der Waals surface area contributed by atoms with Crippen molar-refractivity contribution in [1.82, 2.24) is 9.80 Å². The van der Waals surface area contributed by atoms with Crippen molar-refractivity contribution in [3.05, 3.63) is 153 Å². The minimum atomic E-state index is -0.411. The predicted octanol–water partition coefficient (Wildman–Crippen LogP) is 8.38. The summed E-state index contributed by atoms with van der Waals surface area (Å²) in [4.78, 5) is 37.5. The molecule has 2 amide bonds. The van der Waals surface area contributed by atoms with E-state index < -0.39 is 5.82 Å². The molecule has 2 aliphatic rings. The first-order valence-electron chi connectivity index (χ1n) is 18.8. The zero-order valence-electron chi connectivity index (χ0n) is 32.2. The first-order valence-corrected chi connectivity index (χ1v) is 18.8. The Labute approximate surface area is 327 Å². The van der Waals surface area contributed by atoms with E-state index in [1.807, 2.05) is 81.0 Å². The number of hydrogen-bond acceptors (Lipinski definition) is 6. The number of aliphatic imine (C=N–C) groups is 2. The second kappa shape index (κ2) is 18.4. The topological polar surface area (TPSA) is 83.8 Å². The minimum Gasteiger partial charge on any atom is -0.493 e. The number of ether oxygens (including phenoxy) is 2. The van der Waals surface area contributed by atoms with Gasteiger partial charge in [0.2, 0.25) is 11.8 Å². The highest BCUT2D eigenvalue weighted by molar-refractivity contribution is 5.86. The lowest BCUT2D eigenvalue weighted by Crippen LogP contribution is -2.28. The Morgan fingerprint density at radius 3 is 1.71 bits per heavy atom. The number of nitrogens with zero attached hydrogens (tertiary/aromatic N) is 4. The van der Waals surface area contributed by atoms with Gasteiger partial charge in [-0.15, -0.1) is 0 Å². The molecule has 288 valence electrons. The zero-order valence-corrected chi connectivity index (χ0v) is 32.2. The fourth-order valence-electron chi connectivity index (χ4n) is 6.78. The van der Waals surface area contributed by atoms with Crippen LogP contribution in [0.4, 0.5) is 8.78 Å². The largest absolute Gasteiger partial charge is 0.493 e. The van der Waals surface area contributed by atoms with Crippen molar-refractivity contribution in [2.45, 2.75) is 52.9 Å². The summed E-state index contributed by atoms with van der Waals surface area (Å²) < 4.78 is 38.4. The molecule has 0 fully saturated rings. The third kappa shape index (κ3) is 9.73. The van der Waals surface area contributed by atoms with Gasteiger partial charge >= 0.3 is 0 Å². The van der Waals surface area contributed by atoms with Gasteiger partial charge in [0.1, 0.15) is 11.6 Å². The van der Waals surface area contributed by atoms with Gasteiger partial charge in [-0.2, -0.15) is 0 Å². The number of carbonyl (C=O) groups is 2. The van der Waals surface area contributed by atoms with Crippen LogP contribution in [0, 0.1) is 11.6 Å². The summed E-state index contributed by atoms with van der Waals surface area (Å²) in [5.41, 5.74) is 10.0. The molecule has 0 spiro atoms. The third-order valence-corrected chi connectivity index (χ3v) is 9.73. The summed E-state index contributed by atoms with van der Waals surface area (Å²) in [6, 6.07) is 28.8. The molecule has 0 bridgehead atoms. The number of benzene rings is 5. The van der Waals surface area contributed by atoms with Crippen molar-refractivity contribution in [2.24, 2.45) is 9.98 Å². The fourth-order valence-corrected chi connectivity index (χ4v) is 6.78. The van der Waals surface area contributed by atoms with Gasteiger partial charge in [0.15, 0.2) is 11.6 Å². The van der Waals surface area contributed by atoms with E-state index in [0.717, 1.165) is 44.5 Å². The normalized spacial score (nSPS) is 12.0. The second-order valence-corrected chi connectivity index (χ2v) is 13.7. The lowest BCUT2D eigenvalue weighted by molar-refractivity contribution is -0.130. The molecule has 5 aromatic rings. The molecule has 2 heterocycles. The molecule has 5 aromatic carbocycles. The SMILES string of the molecule is CCOc1cc(CC(=O)N(C)Cc2cccc3c2CN=C3)ccc1-c1cccc(F)c1.CCOc1cc(CC(=O)N(C)Cc2cccc3c2CN=C3)ccc1F. The van der Waals surface area contributed by atoms with Gasteiger partial charge in [-0.3, -0.25) is 19.6 Å². The van der Waals surface area contributed by atoms with Crippen molar-refractivity contribution in [2.75, 3.05) is 27.3 Å². The molecule has 0 unspecified atom stereocenters. The van der Waals surface area contributed by atoms with E-state index in [4.69, 9.17) is 9.47 Å². The number of hydrogen-bond donors (Lipinski definition) is 0. The van der Waals surface area contributed by atoms with Gasteiger partial charge < -0.3 is 19.3 Å². The van der Waals surface area contributed by atoms with Crippen molar-refractivity contribution in [1.29, 1.82) is 0 Å². The van der Waals surface area contributed by atoms with E-state index in [0.29, 0.717) is 45.1 Å². The first kappa shape index (κ1) is 39.5. The third-order valence-electron chi connectivity index (χ3n) is 9.73. The summed E-state index contributed by atoms with van der Waals surface area (Å²) in [6.45, 7) is 7.00. The first-order chi connectivity index (χ1) is 27.1. The molecule has 0 aliphatic carbocycles. The predicted molar refractivity (Wildman–Crippen MR) is 216 cm³/mol. The minimum absolute atomic E-state index is 0.0226.